The van der Waals surface area contributed by atoms with Crippen molar-refractivity contribution < 1.29 is 18.3 Å². The van der Waals surface area contributed by atoms with Crippen LogP contribution in [0, 0.1) is 11.8 Å². The molecule has 1 atom stereocenters. The summed E-state index contributed by atoms with van der Waals surface area (Å²) >= 11 is 0. The van der Waals surface area contributed by atoms with Gasteiger partial charge in [-0.25, -0.2) is 0 Å². The number of rotatable bonds is 2. The molecule has 1 rings (SSSR count). The quantitative estimate of drug-likeness (QED) is 0.720. The van der Waals surface area contributed by atoms with E-state index in [1.807, 2.05) is 0 Å². The first kappa shape index (κ1) is 10.8. The van der Waals surface area contributed by atoms with Gasteiger partial charge in [-0.15, -0.1) is 0 Å². The van der Waals surface area contributed by atoms with Gasteiger partial charge in [0.1, 0.15) is 0 Å². The van der Waals surface area contributed by atoms with Gasteiger partial charge in [-0.05, 0) is 18.8 Å². The summed E-state index contributed by atoms with van der Waals surface area (Å²) in [5.74, 6) is -1.84. The van der Waals surface area contributed by atoms with Crippen LogP contribution >= 0.6 is 0 Å². The Morgan fingerprint density at radius 1 is 1.15 bits per heavy atom. The van der Waals surface area contributed by atoms with Gasteiger partial charge in [0.2, 0.25) is 0 Å². The summed E-state index contributed by atoms with van der Waals surface area (Å²) in [4.78, 5) is 0. The van der Waals surface area contributed by atoms with Crippen LogP contribution in [0.3, 0.4) is 0 Å². The number of hydrogen-bond donors (Lipinski definition) is 1. The molecule has 1 aliphatic rings. The number of aliphatic hydroxyl groups is 1. The van der Waals surface area contributed by atoms with E-state index in [2.05, 4.69) is 0 Å². The molecule has 1 fully saturated rings. The Morgan fingerprint density at radius 3 is 2.08 bits per heavy atom. The molecular weight excluding hydrogens is 181 g/mol. The fourth-order valence-corrected chi connectivity index (χ4v) is 2.06. The van der Waals surface area contributed by atoms with Crippen molar-refractivity contribution in [2.75, 3.05) is 6.61 Å². The van der Waals surface area contributed by atoms with Gasteiger partial charge in [-0.1, -0.05) is 19.3 Å². The molecule has 13 heavy (non-hydrogen) atoms. The monoisotopic (exact) mass is 196 g/mol. The zero-order valence-electron chi connectivity index (χ0n) is 7.48. The second-order valence-corrected chi connectivity index (χ2v) is 3.73. The third-order valence-corrected chi connectivity index (χ3v) is 2.84. The maximum atomic E-state index is 12.3. The van der Waals surface area contributed by atoms with Crippen LogP contribution in [0.25, 0.3) is 0 Å². The molecule has 1 nitrogen and oxygen atoms in total. The largest absolute Gasteiger partial charge is 0.396 e. The smallest absolute Gasteiger partial charge is 0.394 e. The topological polar surface area (TPSA) is 20.2 Å². The number of hydrogen-bond acceptors (Lipinski definition) is 1. The van der Waals surface area contributed by atoms with Crippen LogP contribution in [0.15, 0.2) is 0 Å². The lowest BCUT2D eigenvalue weighted by atomic mass is 9.80. The predicted molar refractivity (Wildman–Crippen MR) is 43.2 cm³/mol. The normalized spacial score (nSPS) is 23.1. The highest BCUT2D eigenvalue weighted by Gasteiger charge is 2.43. The first-order valence-corrected chi connectivity index (χ1v) is 4.73. The molecule has 1 aliphatic carbocycles. The molecule has 0 aromatic carbocycles. The molecule has 0 aromatic rings. The Balaban J connectivity index is 2.54. The third kappa shape index (κ3) is 2.86. The van der Waals surface area contributed by atoms with E-state index < -0.39 is 18.7 Å². The predicted octanol–water partition coefficient (Wildman–Crippen LogP) is 2.74. The molecule has 0 spiro atoms. The minimum Gasteiger partial charge on any atom is -0.396 e. The van der Waals surface area contributed by atoms with E-state index in [9.17, 15) is 13.2 Å². The second kappa shape index (κ2) is 4.31. The summed E-state index contributed by atoms with van der Waals surface area (Å²) in [5.41, 5.74) is 0. The molecule has 0 aliphatic heterocycles. The lowest BCUT2D eigenvalue weighted by molar-refractivity contribution is -0.201. The summed E-state index contributed by atoms with van der Waals surface area (Å²) in [7, 11) is 0. The van der Waals surface area contributed by atoms with Gasteiger partial charge in [-0.3, -0.25) is 0 Å². The zero-order valence-corrected chi connectivity index (χ0v) is 7.48. The van der Waals surface area contributed by atoms with E-state index in [1.165, 1.54) is 0 Å². The first-order chi connectivity index (χ1) is 6.05. The number of halogens is 3. The minimum atomic E-state index is -4.23. The number of aliphatic hydroxyl groups excluding tert-OH is 1. The standard InChI is InChI=1S/C9H15F3O/c10-9(11,12)8(6-13)7-4-2-1-3-5-7/h7-8,13H,1-6H2/t8-/m1/s1. The SMILES string of the molecule is OC[C@H](C1CCCCC1)C(F)(F)F. The van der Waals surface area contributed by atoms with Gasteiger partial charge >= 0.3 is 6.18 Å². The highest BCUT2D eigenvalue weighted by molar-refractivity contribution is 4.78. The lowest BCUT2D eigenvalue weighted by Gasteiger charge is -2.30. The fraction of sp³-hybridized carbons (Fsp3) is 1.00. The molecular formula is C9H15F3O. The summed E-state index contributed by atoms with van der Waals surface area (Å²) in [6.07, 6.45) is -0.215. The summed E-state index contributed by atoms with van der Waals surface area (Å²) < 4.78 is 37.0. The maximum Gasteiger partial charge on any atom is 0.394 e. The fourth-order valence-electron chi connectivity index (χ4n) is 2.06. The van der Waals surface area contributed by atoms with E-state index in [1.54, 1.807) is 0 Å². The average molecular weight is 196 g/mol. The van der Waals surface area contributed by atoms with Gasteiger partial charge in [-0.2, -0.15) is 13.2 Å². The van der Waals surface area contributed by atoms with Crippen molar-refractivity contribution >= 4 is 0 Å². The van der Waals surface area contributed by atoms with Crippen LogP contribution in [-0.2, 0) is 0 Å². The van der Waals surface area contributed by atoms with Crippen molar-refractivity contribution in [3.05, 3.63) is 0 Å². The van der Waals surface area contributed by atoms with Crippen LogP contribution in [-0.4, -0.2) is 17.9 Å². The zero-order chi connectivity index (χ0) is 9.90. The molecule has 0 saturated heterocycles. The highest BCUT2D eigenvalue weighted by Crippen LogP contribution is 2.38. The van der Waals surface area contributed by atoms with Gasteiger partial charge in [0.25, 0.3) is 0 Å². The minimum absolute atomic E-state index is 0.348. The van der Waals surface area contributed by atoms with Crippen molar-refractivity contribution in [3.63, 3.8) is 0 Å². The molecule has 0 radical (unpaired) electrons. The summed E-state index contributed by atoms with van der Waals surface area (Å²) in [6.45, 7) is -0.756. The molecule has 0 bridgehead atoms. The van der Waals surface area contributed by atoms with E-state index in [4.69, 9.17) is 5.11 Å². The highest BCUT2D eigenvalue weighted by atomic mass is 19.4. The average Bonchev–Trinajstić information content (AvgIpc) is 2.05. The van der Waals surface area contributed by atoms with Crippen molar-refractivity contribution in [3.8, 4) is 0 Å². The Bertz CT molecular complexity index is 149. The lowest BCUT2D eigenvalue weighted by Crippen LogP contribution is -2.34. The van der Waals surface area contributed by atoms with Gasteiger partial charge in [0.05, 0.1) is 12.5 Å². The molecule has 0 unspecified atom stereocenters. The van der Waals surface area contributed by atoms with Gasteiger partial charge in [0, 0.05) is 0 Å². The van der Waals surface area contributed by atoms with Crippen molar-refractivity contribution in [2.45, 2.75) is 38.3 Å². The Morgan fingerprint density at radius 2 is 1.69 bits per heavy atom. The van der Waals surface area contributed by atoms with Crippen molar-refractivity contribution in [1.29, 1.82) is 0 Å². The van der Waals surface area contributed by atoms with Crippen LogP contribution in [0.5, 0.6) is 0 Å². The molecule has 1 saturated carbocycles. The van der Waals surface area contributed by atoms with Crippen LogP contribution < -0.4 is 0 Å². The molecule has 0 amide bonds. The summed E-state index contributed by atoms with van der Waals surface area (Å²) in [5, 5.41) is 8.69. The molecule has 78 valence electrons. The first-order valence-electron chi connectivity index (χ1n) is 4.73. The van der Waals surface area contributed by atoms with E-state index in [0.29, 0.717) is 12.8 Å². The van der Waals surface area contributed by atoms with E-state index in [0.717, 1.165) is 19.3 Å². The molecule has 0 heterocycles. The van der Waals surface area contributed by atoms with Crippen LogP contribution in [0.2, 0.25) is 0 Å². The van der Waals surface area contributed by atoms with E-state index in [-0.39, 0.29) is 5.92 Å². The summed E-state index contributed by atoms with van der Waals surface area (Å²) in [6, 6.07) is 0. The third-order valence-electron chi connectivity index (χ3n) is 2.84. The number of alkyl halides is 3. The van der Waals surface area contributed by atoms with Gasteiger partial charge < -0.3 is 5.11 Å². The maximum absolute atomic E-state index is 12.3. The van der Waals surface area contributed by atoms with Crippen LogP contribution in [0.1, 0.15) is 32.1 Å². The van der Waals surface area contributed by atoms with Crippen molar-refractivity contribution in [1.82, 2.24) is 0 Å². The Kier molecular flexibility index (Phi) is 3.59. The van der Waals surface area contributed by atoms with E-state index >= 15 is 0 Å². The molecule has 0 aromatic heterocycles. The molecule has 4 heteroatoms. The van der Waals surface area contributed by atoms with Crippen molar-refractivity contribution in [2.24, 2.45) is 11.8 Å². The Hall–Kier alpha value is -0.250. The van der Waals surface area contributed by atoms with Crippen LogP contribution in [0.4, 0.5) is 13.2 Å². The second-order valence-electron chi connectivity index (χ2n) is 3.73. The Labute approximate surface area is 75.9 Å². The molecule has 1 N–H and O–H groups in total. The van der Waals surface area contributed by atoms with Gasteiger partial charge in [0.15, 0.2) is 0 Å².